The smallest absolute Gasteiger partial charge is 0.204 e. The predicted molar refractivity (Wildman–Crippen MR) is 129 cm³/mol. The first-order chi connectivity index (χ1) is 15.4. The van der Waals surface area contributed by atoms with E-state index in [1.807, 2.05) is 55.5 Å². The molecule has 162 valence electrons. The second kappa shape index (κ2) is 9.58. The van der Waals surface area contributed by atoms with Gasteiger partial charge in [0, 0.05) is 15.4 Å². The largest absolute Gasteiger partial charge is 0.224 e. The summed E-state index contributed by atoms with van der Waals surface area (Å²) >= 11 is 3.39. The monoisotopic (exact) mass is 508 g/mol. The van der Waals surface area contributed by atoms with Gasteiger partial charge < -0.3 is 0 Å². The van der Waals surface area contributed by atoms with Gasteiger partial charge in [-0.25, -0.2) is 8.42 Å². The molecule has 0 saturated carbocycles. The summed E-state index contributed by atoms with van der Waals surface area (Å²) in [7, 11) is -3.44. The second-order valence-corrected chi connectivity index (χ2v) is 10.3. The van der Waals surface area contributed by atoms with E-state index in [1.54, 1.807) is 24.3 Å². The van der Waals surface area contributed by atoms with Crippen LogP contribution < -0.4 is 0 Å². The molecule has 6 nitrogen and oxygen atoms in total. The molecule has 0 atom stereocenters. The molecule has 0 unspecified atom stereocenters. The normalized spacial score (nSPS) is 11.8. The first kappa shape index (κ1) is 22.1. The van der Waals surface area contributed by atoms with E-state index in [9.17, 15) is 8.42 Å². The number of sulfone groups is 1. The van der Waals surface area contributed by atoms with Crippen molar-refractivity contribution in [3.05, 3.63) is 105 Å². The maximum Gasteiger partial charge on any atom is 0.204 e. The second-order valence-electron chi connectivity index (χ2n) is 7.50. The van der Waals surface area contributed by atoms with Gasteiger partial charge in [0.1, 0.15) is 0 Å². The summed E-state index contributed by atoms with van der Waals surface area (Å²) < 4.78 is 26.1. The Morgan fingerprint density at radius 3 is 2.56 bits per heavy atom. The van der Waals surface area contributed by atoms with Crippen LogP contribution in [-0.4, -0.2) is 28.6 Å². The lowest BCUT2D eigenvalue weighted by Gasteiger charge is -2.03. The lowest BCUT2D eigenvalue weighted by Crippen LogP contribution is -2.04. The van der Waals surface area contributed by atoms with Crippen LogP contribution in [0.3, 0.4) is 0 Å². The molecule has 0 radical (unpaired) electrons. The molecule has 0 amide bonds. The lowest BCUT2D eigenvalue weighted by atomic mass is 10.1. The minimum Gasteiger partial charge on any atom is -0.224 e. The van der Waals surface area contributed by atoms with E-state index in [4.69, 9.17) is 0 Å². The Morgan fingerprint density at radius 1 is 0.969 bits per heavy atom. The zero-order valence-corrected chi connectivity index (χ0v) is 19.8. The molecule has 0 N–H and O–H groups in total. The number of aromatic nitrogens is 4. The van der Waals surface area contributed by atoms with Gasteiger partial charge in [-0.3, -0.25) is 0 Å². The van der Waals surface area contributed by atoms with Gasteiger partial charge in [0.05, 0.1) is 12.3 Å². The van der Waals surface area contributed by atoms with Crippen molar-refractivity contribution < 1.29 is 8.42 Å². The summed E-state index contributed by atoms with van der Waals surface area (Å²) in [6, 6.07) is 22.8. The summed E-state index contributed by atoms with van der Waals surface area (Å²) in [6.45, 7) is 2.56. The molecule has 1 aromatic heterocycles. The summed E-state index contributed by atoms with van der Waals surface area (Å²) in [5, 5.41) is 14.0. The fourth-order valence-electron chi connectivity index (χ4n) is 3.27. The van der Waals surface area contributed by atoms with Gasteiger partial charge in [0.2, 0.25) is 5.82 Å². The van der Waals surface area contributed by atoms with E-state index >= 15 is 0 Å². The number of halogens is 1. The Morgan fingerprint density at radius 2 is 1.75 bits per heavy atom. The molecule has 0 saturated heterocycles. The van der Waals surface area contributed by atoms with Crippen LogP contribution in [0.5, 0.6) is 0 Å². The molecule has 0 aliphatic rings. The minimum atomic E-state index is -3.44. The zero-order valence-electron chi connectivity index (χ0n) is 17.4. The molecule has 0 fully saturated rings. The quantitative estimate of drug-likeness (QED) is 0.349. The molecule has 0 bridgehead atoms. The van der Waals surface area contributed by atoms with Crippen molar-refractivity contribution in [2.45, 2.75) is 19.2 Å². The average Bonchev–Trinajstić information content (AvgIpc) is 3.21. The summed E-state index contributed by atoms with van der Waals surface area (Å²) in [5.41, 5.74) is 4.46. The van der Waals surface area contributed by atoms with E-state index < -0.39 is 9.84 Å². The SMILES string of the molecule is Cc1cccc(Cn2nnc(-c3cccc(CS(=O)(=O)/C=C/c4cccc(Br)c4)c3)n2)c1. The fraction of sp³-hybridized carbons (Fsp3) is 0.125. The van der Waals surface area contributed by atoms with Crippen LogP contribution in [0.15, 0.2) is 82.7 Å². The highest BCUT2D eigenvalue weighted by Crippen LogP contribution is 2.19. The third-order valence-electron chi connectivity index (χ3n) is 4.73. The van der Waals surface area contributed by atoms with Crippen LogP contribution >= 0.6 is 15.9 Å². The van der Waals surface area contributed by atoms with Crippen molar-refractivity contribution in [1.82, 2.24) is 20.2 Å². The summed E-state index contributed by atoms with van der Waals surface area (Å²) in [6.07, 6.45) is 1.60. The number of tetrazole rings is 1. The molecule has 32 heavy (non-hydrogen) atoms. The van der Waals surface area contributed by atoms with E-state index in [-0.39, 0.29) is 5.75 Å². The molecule has 3 aromatic carbocycles. The van der Waals surface area contributed by atoms with Gasteiger partial charge in [-0.05, 0) is 53.1 Å². The summed E-state index contributed by atoms with van der Waals surface area (Å²) in [4.78, 5) is 1.54. The van der Waals surface area contributed by atoms with Gasteiger partial charge in [-0.1, -0.05) is 76.1 Å². The zero-order chi connectivity index (χ0) is 22.6. The van der Waals surface area contributed by atoms with Crippen LogP contribution in [0.2, 0.25) is 0 Å². The van der Waals surface area contributed by atoms with Crippen molar-refractivity contribution in [2.24, 2.45) is 0 Å². The predicted octanol–water partition coefficient (Wildman–Crippen LogP) is 5.05. The van der Waals surface area contributed by atoms with Gasteiger partial charge >= 0.3 is 0 Å². The number of hydrogen-bond donors (Lipinski definition) is 0. The Hall–Kier alpha value is -3.10. The van der Waals surface area contributed by atoms with Crippen LogP contribution in [-0.2, 0) is 22.1 Å². The van der Waals surface area contributed by atoms with Crippen molar-refractivity contribution >= 4 is 31.8 Å². The van der Waals surface area contributed by atoms with E-state index in [1.165, 1.54) is 15.8 Å². The highest BCUT2D eigenvalue weighted by atomic mass is 79.9. The van der Waals surface area contributed by atoms with Crippen molar-refractivity contribution in [2.75, 3.05) is 0 Å². The first-order valence-electron chi connectivity index (χ1n) is 9.95. The van der Waals surface area contributed by atoms with Crippen molar-refractivity contribution in [3.63, 3.8) is 0 Å². The average molecular weight is 509 g/mol. The van der Waals surface area contributed by atoms with Gasteiger partial charge in [-0.2, -0.15) is 4.80 Å². The third-order valence-corrected chi connectivity index (χ3v) is 6.51. The van der Waals surface area contributed by atoms with E-state index in [0.29, 0.717) is 17.9 Å². The Kier molecular flexibility index (Phi) is 6.62. The third kappa shape index (κ3) is 5.99. The standard InChI is InChI=1S/C24H21BrN4O2S/c1-18-5-2-7-20(13-18)16-29-27-24(26-28-29)22-9-3-8-21(14-22)17-32(30,31)12-11-19-6-4-10-23(25)15-19/h2-15H,16-17H2,1H3/b12-11+. The highest BCUT2D eigenvalue weighted by molar-refractivity contribution is 9.10. The number of rotatable bonds is 7. The molecule has 4 rings (SSSR count). The number of hydrogen-bond acceptors (Lipinski definition) is 5. The number of nitrogens with zero attached hydrogens (tertiary/aromatic N) is 4. The molecular formula is C24H21BrN4O2S. The van der Waals surface area contributed by atoms with Gasteiger partial charge in [0.25, 0.3) is 0 Å². The molecule has 8 heteroatoms. The first-order valence-corrected chi connectivity index (χ1v) is 12.5. The number of benzene rings is 3. The molecular weight excluding hydrogens is 488 g/mol. The molecule has 4 aromatic rings. The topological polar surface area (TPSA) is 77.7 Å². The van der Waals surface area contributed by atoms with E-state index in [0.717, 1.165) is 21.2 Å². The molecule has 0 aliphatic heterocycles. The van der Waals surface area contributed by atoms with Crippen LogP contribution in [0.25, 0.3) is 17.5 Å². The Bertz CT molecular complexity index is 1380. The van der Waals surface area contributed by atoms with Crippen LogP contribution in [0.4, 0.5) is 0 Å². The maximum atomic E-state index is 12.6. The van der Waals surface area contributed by atoms with Crippen molar-refractivity contribution in [1.29, 1.82) is 0 Å². The Balaban J connectivity index is 1.48. The fourth-order valence-corrected chi connectivity index (χ4v) is 4.79. The van der Waals surface area contributed by atoms with Crippen molar-refractivity contribution in [3.8, 4) is 11.4 Å². The van der Waals surface area contributed by atoms with Crippen LogP contribution in [0.1, 0.15) is 22.3 Å². The minimum absolute atomic E-state index is 0.108. The molecule has 0 aliphatic carbocycles. The van der Waals surface area contributed by atoms with Gasteiger partial charge in [-0.15, -0.1) is 10.2 Å². The highest BCUT2D eigenvalue weighted by Gasteiger charge is 2.12. The lowest BCUT2D eigenvalue weighted by molar-refractivity contribution is 0.572. The number of aryl methyl sites for hydroxylation is 1. The Labute approximate surface area is 195 Å². The molecule has 1 heterocycles. The van der Waals surface area contributed by atoms with Crippen LogP contribution in [0, 0.1) is 6.92 Å². The van der Waals surface area contributed by atoms with Gasteiger partial charge in [0.15, 0.2) is 9.84 Å². The summed E-state index contributed by atoms with van der Waals surface area (Å²) in [5.74, 6) is 0.351. The molecule has 0 spiro atoms. The van der Waals surface area contributed by atoms with E-state index in [2.05, 4.69) is 37.4 Å². The maximum absolute atomic E-state index is 12.6.